The Labute approximate surface area is 28.1 Å². The second-order valence-corrected chi connectivity index (χ2v) is 1.73. The third kappa shape index (κ3) is 2.14. The molecular weight excluding hydrogens is 68.1 g/mol. The Morgan fingerprint density at radius 3 is 2.00 bits per heavy atom. The highest BCUT2D eigenvalue weighted by atomic mass is 28.2. The first-order chi connectivity index (χ1) is 1.91. The van der Waals surface area contributed by atoms with Crippen LogP contribution in [0.4, 0.5) is 0 Å². The van der Waals surface area contributed by atoms with E-state index < -0.39 is 0 Å². The maximum atomic E-state index is 5.04. The van der Waals surface area contributed by atoms with E-state index in [1.165, 1.54) is 0 Å². The molecule has 4 heavy (non-hydrogen) atoms. The molecule has 0 aliphatic carbocycles. The predicted octanol–water partition coefficient (Wildman–Crippen LogP) is -2.05. The van der Waals surface area contributed by atoms with Gasteiger partial charge in [0, 0.05) is 0 Å². The van der Waals surface area contributed by atoms with Crippen molar-refractivity contribution in [2.24, 2.45) is 11.1 Å². The van der Waals surface area contributed by atoms with Gasteiger partial charge in [0.1, 0.15) is 9.68 Å². The van der Waals surface area contributed by atoms with Crippen LogP contribution in [0.2, 0.25) is 0 Å². The van der Waals surface area contributed by atoms with Gasteiger partial charge in [-0.2, -0.15) is 0 Å². The van der Waals surface area contributed by atoms with Gasteiger partial charge in [0.05, 0.1) is 0 Å². The minimum atomic E-state index is -0.298. The van der Waals surface area contributed by atoms with Crippen LogP contribution in [0.1, 0.15) is 0 Å². The van der Waals surface area contributed by atoms with Crippen molar-refractivity contribution in [3.63, 3.8) is 0 Å². The molecule has 0 unspecified atom stereocenters. The Hall–Kier alpha value is 0.137. The fourth-order valence-corrected chi connectivity index (χ4v) is 0. The summed E-state index contributed by atoms with van der Waals surface area (Å²) in [4.78, 5) is 0. The molecule has 0 rings (SSSR count). The molecule has 0 saturated carbocycles. The average molecular weight is 76.2 g/mol. The second-order valence-electron chi connectivity index (χ2n) is 0.577. The fourth-order valence-electron chi connectivity index (χ4n) is 0. The normalized spacial score (nSPS) is 10.5. The SMILES string of the molecule is NC[SiH2]N. The first-order valence-electron chi connectivity index (χ1n) is 1.32. The Morgan fingerprint density at radius 2 is 2.00 bits per heavy atom. The van der Waals surface area contributed by atoms with E-state index in [1.807, 2.05) is 0 Å². The minimum absolute atomic E-state index is 0.298. The largest absolute Gasteiger partial charge is 0.355 e. The van der Waals surface area contributed by atoms with Crippen molar-refractivity contribution >= 4 is 9.68 Å². The van der Waals surface area contributed by atoms with Crippen LogP contribution in [0.3, 0.4) is 0 Å². The van der Waals surface area contributed by atoms with Gasteiger partial charge in [-0.25, -0.2) is 0 Å². The molecule has 0 aliphatic heterocycles. The summed E-state index contributed by atoms with van der Waals surface area (Å²) >= 11 is 0. The first kappa shape index (κ1) is 4.14. The first-order valence-corrected chi connectivity index (χ1v) is 3.13. The number of rotatable bonds is 1. The van der Waals surface area contributed by atoms with E-state index in [0.29, 0.717) is 0 Å². The van der Waals surface area contributed by atoms with Crippen LogP contribution in [-0.2, 0) is 0 Å². The van der Waals surface area contributed by atoms with Crippen molar-refractivity contribution in [1.29, 1.82) is 0 Å². The van der Waals surface area contributed by atoms with Crippen LogP contribution in [0.5, 0.6) is 0 Å². The molecule has 0 aliphatic rings. The van der Waals surface area contributed by atoms with Crippen LogP contribution in [0, 0.1) is 0 Å². The molecule has 0 bridgehead atoms. The zero-order valence-electron chi connectivity index (χ0n) is 2.57. The summed E-state index contributed by atoms with van der Waals surface area (Å²) in [6.45, 7) is 0. The third-order valence-electron chi connectivity index (χ3n) is 0.167. The molecular formula is CH8N2Si. The highest BCUT2D eigenvalue weighted by Crippen LogP contribution is 1.17. The van der Waals surface area contributed by atoms with E-state index in [9.17, 15) is 0 Å². The lowest BCUT2D eigenvalue weighted by Crippen LogP contribution is -2.17. The molecule has 0 aromatic rings. The van der Waals surface area contributed by atoms with Crippen molar-refractivity contribution in [1.82, 2.24) is 0 Å². The van der Waals surface area contributed by atoms with Crippen LogP contribution in [0.15, 0.2) is 0 Å². The van der Waals surface area contributed by atoms with Gasteiger partial charge in [0.2, 0.25) is 0 Å². The van der Waals surface area contributed by atoms with Gasteiger partial charge in [-0.05, 0) is 6.17 Å². The molecule has 0 aromatic heterocycles. The summed E-state index contributed by atoms with van der Waals surface area (Å²) in [5.74, 6) is 0. The van der Waals surface area contributed by atoms with Crippen molar-refractivity contribution in [3.8, 4) is 0 Å². The van der Waals surface area contributed by atoms with E-state index in [0.717, 1.165) is 6.17 Å². The molecule has 3 heteroatoms. The predicted molar refractivity (Wildman–Crippen MR) is 21.8 cm³/mol. The summed E-state index contributed by atoms with van der Waals surface area (Å²) in [5, 5.41) is 5.04. The molecule has 0 heterocycles. The molecule has 0 radical (unpaired) electrons. The number of hydrogen-bond donors (Lipinski definition) is 2. The third-order valence-corrected chi connectivity index (χ3v) is 0.500. The van der Waals surface area contributed by atoms with Crippen molar-refractivity contribution in [2.75, 3.05) is 6.17 Å². The summed E-state index contributed by atoms with van der Waals surface area (Å²) in [5.41, 5.74) is 4.96. The molecule has 0 atom stereocenters. The van der Waals surface area contributed by atoms with E-state index >= 15 is 0 Å². The molecule has 0 fully saturated rings. The standard InChI is InChI=1S/CH8N2Si/c2-1-4-3/h1-4H2. The number of hydrogen-bond acceptors (Lipinski definition) is 2. The topological polar surface area (TPSA) is 52.0 Å². The lowest BCUT2D eigenvalue weighted by molar-refractivity contribution is 1.35. The van der Waals surface area contributed by atoms with Gasteiger partial charge in [-0.15, -0.1) is 0 Å². The fraction of sp³-hybridized carbons (Fsp3) is 1.00. The highest BCUT2D eigenvalue weighted by molar-refractivity contribution is 6.30. The van der Waals surface area contributed by atoms with Gasteiger partial charge >= 0.3 is 0 Å². The molecule has 4 N–H and O–H groups in total. The van der Waals surface area contributed by atoms with E-state index in [1.54, 1.807) is 0 Å². The Kier molecular flexibility index (Phi) is 3.24. The lowest BCUT2D eigenvalue weighted by atomic mass is 11.5. The molecule has 0 saturated heterocycles. The maximum Gasteiger partial charge on any atom is 0.102 e. The lowest BCUT2D eigenvalue weighted by Gasteiger charge is -1.69. The summed E-state index contributed by atoms with van der Waals surface area (Å²) in [7, 11) is -0.298. The summed E-state index contributed by atoms with van der Waals surface area (Å²) in [6.07, 6.45) is 0.736. The van der Waals surface area contributed by atoms with Gasteiger partial charge in [0.15, 0.2) is 0 Å². The monoisotopic (exact) mass is 76.0 g/mol. The Bertz CT molecular complexity index is 8.00. The second kappa shape index (κ2) is 3.14. The number of nitrogens with two attached hydrogens (primary N) is 2. The smallest absolute Gasteiger partial charge is 0.102 e. The molecule has 2 nitrogen and oxygen atoms in total. The van der Waals surface area contributed by atoms with Gasteiger partial charge < -0.3 is 11.1 Å². The summed E-state index contributed by atoms with van der Waals surface area (Å²) < 4.78 is 0. The zero-order chi connectivity index (χ0) is 3.41. The van der Waals surface area contributed by atoms with E-state index in [4.69, 9.17) is 11.1 Å². The molecule has 0 amide bonds. The quantitative estimate of drug-likeness (QED) is 0.353. The molecule has 26 valence electrons. The molecule has 0 aromatic carbocycles. The van der Waals surface area contributed by atoms with Crippen molar-refractivity contribution in [3.05, 3.63) is 0 Å². The van der Waals surface area contributed by atoms with Crippen molar-refractivity contribution < 1.29 is 0 Å². The van der Waals surface area contributed by atoms with Crippen LogP contribution in [0.25, 0.3) is 0 Å². The Balaban J connectivity index is 1.97. The van der Waals surface area contributed by atoms with Gasteiger partial charge in [-0.3, -0.25) is 0 Å². The highest BCUT2D eigenvalue weighted by Gasteiger charge is 1.57. The van der Waals surface area contributed by atoms with Crippen molar-refractivity contribution in [2.45, 2.75) is 0 Å². The summed E-state index contributed by atoms with van der Waals surface area (Å²) in [6, 6.07) is 0. The van der Waals surface area contributed by atoms with E-state index in [2.05, 4.69) is 0 Å². The minimum Gasteiger partial charge on any atom is -0.355 e. The van der Waals surface area contributed by atoms with Gasteiger partial charge in [-0.1, -0.05) is 0 Å². The zero-order valence-corrected chi connectivity index (χ0v) is 3.98. The average Bonchev–Trinajstić information content (AvgIpc) is 1.37. The van der Waals surface area contributed by atoms with Crippen LogP contribution in [-0.4, -0.2) is 15.8 Å². The molecule has 0 spiro atoms. The van der Waals surface area contributed by atoms with Crippen LogP contribution < -0.4 is 11.1 Å². The van der Waals surface area contributed by atoms with Gasteiger partial charge in [0.25, 0.3) is 0 Å². The van der Waals surface area contributed by atoms with E-state index in [-0.39, 0.29) is 9.68 Å². The Morgan fingerprint density at radius 1 is 1.75 bits per heavy atom. The van der Waals surface area contributed by atoms with Crippen LogP contribution >= 0.6 is 0 Å². The maximum absolute atomic E-state index is 5.04.